The Kier molecular flexibility index (Phi) is 3.70. The third kappa shape index (κ3) is 2.37. The van der Waals surface area contributed by atoms with Crippen LogP contribution in [0.25, 0.3) is 0 Å². The van der Waals surface area contributed by atoms with Crippen LogP contribution < -0.4 is 5.01 Å². The van der Waals surface area contributed by atoms with Gasteiger partial charge in [0.2, 0.25) is 0 Å². The van der Waals surface area contributed by atoms with Crippen molar-refractivity contribution in [1.82, 2.24) is 0 Å². The van der Waals surface area contributed by atoms with Crippen LogP contribution in [0.1, 0.15) is 12.5 Å². The number of nitrogens with zero attached hydrogens (tertiary/aromatic N) is 3. The second-order valence-electron chi connectivity index (χ2n) is 5.01. The lowest BCUT2D eigenvalue weighted by atomic mass is 9.93. The molecule has 1 atom stereocenters. The Morgan fingerprint density at radius 2 is 1.68 bits per heavy atom. The summed E-state index contributed by atoms with van der Waals surface area (Å²) in [5, 5.41) is 18.1. The number of oxime groups is 1. The molecule has 1 N–H and O–H groups in total. The van der Waals surface area contributed by atoms with E-state index in [1.165, 1.54) is 5.01 Å². The molecule has 110 valence electrons. The molecule has 0 saturated heterocycles. The molecule has 0 radical (unpaired) electrons. The van der Waals surface area contributed by atoms with Gasteiger partial charge >= 0.3 is 0 Å². The SMILES string of the molecule is C/C(=N\O)C1C(=O)N(c2ccccc2)N=C1c1ccccc1. The lowest BCUT2D eigenvalue weighted by Crippen LogP contribution is -2.32. The average Bonchev–Trinajstić information content (AvgIpc) is 2.93. The molecule has 0 bridgehead atoms. The van der Waals surface area contributed by atoms with Crippen LogP contribution in [0.4, 0.5) is 5.69 Å². The van der Waals surface area contributed by atoms with E-state index in [0.717, 1.165) is 5.56 Å². The van der Waals surface area contributed by atoms with Gasteiger partial charge in [0.15, 0.2) is 0 Å². The largest absolute Gasteiger partial charge is 0.411 e. The van der Waals surface area contributed by atoms with E-state index in [2.05, 4.69) is 10.3 Å². The van der Waals surface area contributed by atoms with Crippen molar-refractivity contribution in [1.29, 1.82) is 0 Å². The molecule has 5 nitrogen and oxygen atoms in total. The molecular weight excluding hydrogens is 278 g/mol. The molecular formula is C17H15N3O2. The zero-order chi connectivity index (χ0) is 15.5. The maximum Gasteiger partial charge on any atom is 0.262 e. The molecule has 1 amide bonds. The quantitative estimate of drug-likeness (QED) is 0.537. The number of hydrogen-bond donors (Lipinski definition) is 1. The van der Waals surface area contributed by atoms with Gasteiger partial charge in [0, 0.05) is 0 Å². The van der Waals surface area contributed by atoms with Crippen molar-refractivity contribution in [2.75, 3.05) is 5.01 Å². The summed E-state index contributed by atoms with van der Waals surface area (Å²) in [5.41, 5.74) is 2.44. The van der Waals surface area contributed by atoms with Gasteiger partial charge in [-0.05, 0) is 24.6 Å². The summed E-state index contributed by atoms with van der Waals surface area (Å²) in [6.45, 7) is 1.62. The number of amides is 1. The highest BCUT2D eigenvalue weighted by Crippen LogP contribution is 2.27. The Balaban J connectivity index is 2.09. The van der Waals surface area contributed by atoms with Gasteiger partial charge < -0.3 is 5.21 Å². The average molecular weight is 293 g/mol. The van der Waals surface area contributed by atoms with Crippen LogP contribution in [0, 0.1) is 5.92 Å². The van der Waals surface area contributed by atoms with Crippen molar-refractivity contribution in [2.24, 2.45) is 16.2 Å². The fourth-order valence-corrected chi connectivity index (χ4v) is 2.48. The fourth-order valence-electron chi connectivity index (χ4n) is 2.48. The van der Waals surface area contributed by atoms with E-state index in [-0.39, 0.29) is 5.91 Å². The molecule has 5 heteroatoms. The third-order valence-corrected chi connectivity index (χ3v) is 3.58. The number of rotatable bonds is 3. The summed E-state index contributed by atoms with van der Waals surface area (Å²) in [6.07, 6.45) is 0. The summed E-state index contributed by atoms with van der Waals surface area (Å²) < 4.78 is 0. The first-order valence-electron chi connectivity index (χ1n) is 6.94. The minimum Gasteiger partial charge on any atom is -0.411 e. The standard InChI is InChI=1S/C17H15N3O2/c1-12(19-22)15-16(13-8-4-2-5-9-13)18-20(17(15)21)14-10-6-3-7-11-14/h2-11,15,22H,1H3/b19-12+. The van der Waals surface area contributed by atoms with E-state index in [9.17, 15) is 4.79 Å². The highest BCUT2D eigenvalue weighted by atomic mass is 16.4. The van der Waals surface area contributed by atoms with Crippen molar-refractivity contribution in [2.45, 2.75) is 6.92 Å². The van der Waals surface area contributed by atoms with Crippen LogP contribution in [0.15, 0.2) is 70.9 Å². The summed E-state index contributed by atoms with van der Waals surface area (Å²) in [7, 11) is 0. The van der Waals surface area contributed by atoms with Gasteiger partial charge in [-0.15, -0.1) is 0 Å². The van der Waals surface area contributed by atoms with E-state index in [1.807, 2.05) is 60.7 Å². The van der Waals surface area contributed by atoms with Crippen molar-refractivity contribution in [3.63, 3.8) is 0 Å². The molecule has 2 aromatic carbocycles. The number of para-hydroxylation sites is 1. The molecule has 22 heavy (non-hydrogen) atoms. The van der Waals surface area contributed by atoms with E-state index in [4.69, 9.17) is 5.21 Å². The zero-order valence-corrected chi connectivity index (χ0v) is 12.0. The van der Waals surface area contributed by atoms with Gasteiger partial charge in [-0.3, -0.25) is 4.79 Å². The summed E-state index contributed by atoms with van der Waals surface area (Å²) in [4.78, 5) is 12.7. The zero-order valence-electron chi connectivity index (χ0n) is 12.0. The smallest absolute Gasteiger partial charge is 0.262 e. The Morgan fingerprint density at radius 1 is 1.09 bits per heavy atom. The van der Waals surface area contributed by atoms with Crippen molar-refractivity contribution < 1.29 is 10.0 Å². The van der Waals surface area contributed by atoms with Gasteiger partial charge in [0.25, 0.3) is 5.91 Å². The predicted molar refractivity (Wildman–Crippen MR) is 85.3 cm³/mol. The van der Waals surface area contributed by atoms with E-state index in [1.54, 1.807) is 6.92 Å². The molecule has 0 aliphatic carbocycles. The van der Waals surface area contributed by atoms with Crippen molar-refractivity contribution in [3.8, 4) is 0 Å². The normalized spacial score (nSPS) is 18.5. The van der Waals surface area contributed by atoms with E-state index < -0.39 is 5.92 Å². The highest BCUT2D eigenvalue weighted by Gasteiger charge is 2.39. The summed E-state index contributed by atoms with van der Waals surface area (Å²) in [6, 6.07) is 18.7. The minimum absolute atomic E-state index is 0.222. The molecule has 0 saturated carbocycles. The molecule has 1 unspecified atom stereocenters. The second kappa shape index (κ2) is 5.81. The third-order valence-electron chi connectivity index (χ3n) is 3.58. The monoisotopic (exact) mass is 293 g/mol. The van der Waals surface area contributed by atoms with Crippen LogP contribution >= 0.6 is 0 Å². The first-order valence-corrected chi connectivity index (χ1v) is 6.94. The van der Waals surface area contributed by atoms with Gasteiger partial charge in [-0.2, -0.15) is 10.1 Å². The minimum atomic E-state index is -0.674. The molecule has 0 spiro atoms. The second-order valence-corrected chi connectivity index (χ2v) is 5.01. The van der Waals surface area contributed by atoms with Crippen LogP contribution in [0.2, 0.25) is 0 Å². The van der Waals surface area contributed by atoms with Crippen LogP contribution in [0.3, 0.4) is 0 Å². The molecule has 1 aliphatic heterocycles. The number of carbonyl (C=O) groups is 1. The topological polar surface area (TPSA) is 65.3 Å². The van der Waals surface area contributed by atoms with Gasteiger partial charge in [0.1, 0.15) is 5.92 Å². The number of carbonyl (C=O) groups excluding carboxylic acids is 1. The molecule has 0 aromatic heterocycles. The first-order chi connectivity index (χ1) is 10.7. The molecule has 1 heterocycles. The number of benzene rings is 2. The molecule has 0 fully saturated rings. The predicted octanol–water partition coefficient (Wildman–Crippen LogP) is 2.90. The summed E-state index contributed by atoms with van der Waals surface area (Å²) >= 11 is 0. The first kappa shape index (κ1) is 14.0. The molecule has 3 rings (SSSR count). The fraction of sp³-hybridized carbons (Fsp3) is 0.118. The van der Waals surface area contributed by atoms with Crippen molar-refractivity contribution >= 4 is 23.0 Å². The lowest BCUT2D eigenvalue weighted by Gasteiger charge is -2.13. The lowest BCUT2D eigenvalue weighted by molar-refractivity contribution is -0.118. The van der Waals surface area contributed by atoms with Crippen LogP contribution in [-0.4, -0.2) is 22.5 Å². The maximum atomic E-state index is 12.7. The number of hydrazone groups is 1. The number of hydrogen-bond acceptors (Lipinski definition) is 4. The van der Waals surface area contributed by atoms with Gasteiger partial charge in [-0.25, -0.2) is 0 Å². The maximum absolute atomic E-state index is 12.7. The Labute approximate surface area is 128 Å². The van der Waals surface area contributed by atoms with Gasteiger partial charge in [-0.1, -0.05) is 53.7 Å². The van der Waals surface area contributed by atoms with E-state index >= 15 is 0 Å². The highest BCUT2D eigenvalue weighted by molar-refractivity contribution is 6.32. The Morgan fingerprint density at radius 3 is 2.27 bits per heavy atom. The molecule has 1 aliphatic rings. The van der Waals surface area contributed by atoms with Crippen molar-refractivity contribution in [3.05, 3.63) is 66.2 Å². The number of anilines is 1. The molecule has 2 aromatic rings. The van der Waals surface area contributed by atoms with Crippen LogP contribution in [-0.2, 0) is 4.79 Å². The van der Waals surface area contributed by atoms with Crippen LogP contribution in [0.5, 0.6) is 0 Å². The summed E-state index contributed by atoms with van der Waals surface area (Å²) in [5.74, 6) is -0.895. The Bertz CT molecular complexity index is 739. The van der Waals surface area contributed by atoms with E-state index in [0.29, 0.717) is 17.1 Å². The Hall–Kier alpha value is -2.95. The van der Waals surface area contributed by atoms with Gasteiger partial charge in [0.05, 0.1) is 17.1 Å².